The number of benzene rings is 2. The summed E-state index contributed by atoms with van der Waals surface area (Å²) >= 11 is 1.59. The van der Waals surface area contributed by atoms with Crippen LogP contribution < -0.4 is 0 Å². The molecule has 0 bridgehead atoms. The zero-order chi connectivity index (χ0) is 14.7. The molecule has 0 fully saturated rings. The van der Waals surface area contributed by atoms with Crippen molar-refractivity contribution in [3.05, 3.63) is 87.4 Å². The molecule has 1 heterocycles. The number of hydrogen-bond acceptors (Lipinski definition) is 3. The highest BCUT2D eigenvalue weighted by atomic mass is 32.1. The molecule has 3 rings (SSSR count). The molecule has 0 aliphatic carbocycles. The molecule has 0 amide bonds. The van der Waals surface area contributed by atoms with E-state index < -0.39 is 0 Å². The van der Waals surface area contributed by atoms with Crippen molar-refractivity contribution in [3.8, 4) is 0 Å². The first kappa shape index (κ1) is 13.7. The van der Waals surface area contributed by atoms with E-state index in [0.717, 1.165) is 16.2 Å². The molecule has 104 valence electrons. The number of aldehydes is 1. The predicted molar refractivity (Wildman–Crippen MR) is 86.1 cm³/mol. The Bertz CT molecular complexity index is 695. The highest BCUT2D eigenvalue weighted by molar-refractivity contribution is 7.12. The Morgan fingerprint density at radius 2 is 1.48 bits per heavy atom. The zero-order valence-electron chi connectivity index (χ0n) is 11.7. The Kier molecular flexibility index (Phi) is 3.93. The van der Waals surface area contributed by atoms with Gasteiger partial charge in [-0.1, -0.05) is 60.7 Å². The third kappa shape index (κ3) is 2.78. The summed E-state index contributed by atoms with van der Waals surface area (Å²) in [7, 11) is 0. The van der Waals surface area contributed by atoms with E-state index in [1.54, 1.807) is 11.3 Å². The second-order valence-electron chi connectivity index (χ2n) is 4.87. The van der Waals surface area contributed by atoms with Crippen molar-refractivity contribution < 1.29 is 4.79 Å². The van der Waals surface area contributed by atoms with Gasteiger partial charge < -0.3 is 0 Å². The van der Waals surface area contributed by atoms with Crippen LogP contribution in [0.4, 0.5) is 0 Å². The van der Waals surface area contributed by atoms with Crippen molar-refractivity contribution in [2.24, 2.45) is 0 Å². The number of nitrogens with zero attached hydrogens (tertiary/aromatic N) is 1. The maximum Gasteiger partial charge on any atom is 0.169 e. The van der Waals surface area contributed by atoms with Gasteiger partial charge in [0.2, 0.25) is 0 Å². The standard InChI is InChI=1S/C18H15NOS/c1-13-16(12-20)19-18(21-13)17(14-8-4-2-5-9-14)15-10-6-3-7-11-15/h2-12,17H,1H3. The molecule has 2 aromatic carbocycles. The van der Waals surface area contributed by atoms with E-state index in [0.29, 0.717) is 5.69 Å². The first-order valence-corrected chi connectivity index (χ1v) is 7.63. The summed E-state index contributed by atoms with van der Waals surface area (Å²) in [4.78, 5) is 16.6. The molecule has 0 radical (unpaired) electrons. The average molecular weight is 293 g/mol. The van der Waals surface area contributed by atoms with Gasteiger partial charge in [0.1, 0.15) is 10.7 Å². The number of aryl methyl sites for hydroxylation is 1. The highest BCUT2D eigenvalue weighted by Crippen LogP contribution is 2.34. The lowest BCUT2D eigenvalue weighted by molar-refractivity contribution is 0.111. The molecule has 0 spiro atoms. The third-order valence-corrected chi connectivity index (χ3v) is 4.52. The maximum atomic E-state index is 11.1. The van der Waals surface area contributed by atoms with Crippen molar-refractivity contribution in [2.75, 3.05) is 0 Å². The normalized spacial score (nSPS) is 10.8. The fourth-order valence-electron chi connectivity index (χ4n) is 2.43. The van der Waals surface area contributed by atoms with E-state index in [-0.39, 0.29) is 5.92 Å². The van der Waals surface area contributed by atoms with Gasteiger partial charge in [-0.2, -0.15) is 0 Å². The van der Waals surface area contributed by atoms with Crippen molar-refractivity contribution in [1.29, 1.82) is 0 Å². The van der Waals surface area contributed by atoms with Gasteiger partial charge >= 0.3 is 0 Å². The fraction of sp³-hybridized carbons (Fsp3) is 0.111. The van der Waals surface area contributed by atoms with Gasteiger partial charge in [-0.3, -0.25) is 4.79 Å². The minimum Gasteiger partial charge on any atom is -0.296 e. The summed E-state index contributed by atoms with van der Waals surface area (Å²) in [5.41, 5.74) is 2.93. The Morgan fingerprint density at radius 1 is 0.952 bits per heavy atom. The molecule has 0 unspecified atom stereocenters. The Hall–Kier alpha value is -2.26. The molecule has 1 aromatic heterocycles. The number of carbonyl (C=O) groups is 1. The highest BCUT2D eigenvalue weighted by Gasteiger charge is 2.21. The van der Waals surface area contributed by atoms with Crippen LogP contribution in [0.15, 0.2) is 60.7 Å². The Balaban J connectivity index is 2.14. The van der Waals surface area contributed by atoms with Crippen molar-refractivity contribution in [2.45, 2.75) is 12.8 Å². The van der Waals surface area contributed by atoms with Crippen LogP contribution in [0.1, 0.15) is 37.4 Å². The third-order valence-electron chi connectivity index (χ3n) is 3.47. The van der Waals surface area contributed by atoms with Crippen LogP contribution >= 0.6 is 11.3 Å². The quantitative estimate of drug-likeness (QED) is 0.665. The van der Waals surface area contributed by atoms with Crippen molar-refractivity contribution in [1.82, 2.24) is 4.98 Å². The molecule has 3 aromatic rings. The number of aromatic nitrogens is 1. The van der Waals surface area contributed by atoms with Crippen LogP contribution in [0.3, 0.4) is 0 Å². The first-order chi connectivity index (χ1) is 10.3. The van der Waals surface area contributed by atoms with Crippen LogP contribution in [0.2, 0.25) is 0 Å². The van der Waals surface area contributed by atoms with E-state index in [9.17, 15) is 4.79 Å². The van der Waals surface area contributed by atoms with Gasteiger partial charge in [-0.05, 0) is 18.1 Å². The summed E-state index contributed by atoms with van der Waals surface area (Å²) in [6.07, 6.45) is 0.836. The van der Waals surface area contributed by atoms with Gasteiger partial charge in [0.15, 0.2) is 6.29 Å². The minimum atomic E-state index is 0.0739. The topological polar surface area (TPSA) is 30.0 Å². The van der Waals surface area contributed by atoms with E-state index >= 15 is 0 Å². The van der Waals surface area contributed by atoms with Gasteiger partial charge in [-0.15, -0.1) is 11.3 Å². The van der Waals surface area contributed by atoms with Gasteiger partial charge in [0, 0.05) is 4.88 Å². The van der Waals surface area contributed by atoms with Crippen molar-refractivity contribution >= 4 is 17.6 Å². The monoisotopic (exact) mass is 293 g/mol. The number of hydrogen-bond donors (Lipinski definition) is 0. The molecule has 0 atom stereocenters. The number of thiazole rings is 1. The van der Waals surface area contributed by atoms with Crippen LogP contribution in [-0.2, 0) is 0 Å². The van der Waals surface area contributed by atoms with E-state index in [1.165, 1.54) is 11.1 Å². The summed E-state index contributed by atoms with van der Waals surface area (Å²) in [6.45, 7) is 1.94. The van der Waals surface area contributed by atoms with Gasteiger partial charge in [-0.25, -0.2) is 4.98 Å². The van der Waals surface area contributed by atoms with E-state index in [4.69, 9.17) is 0 Å². The van der Waals surface area contributed by atoms with Crippen LogP contribution in [0.25, 0.3) is 0 Å². The fourth-order valence-corrected chi connectivity index (χ4v) is 3.48. The van der Waals surface area contributed by atoms with Gasteiger partial charge in [0.05, 0.1) is 5.92 Å². The van der Waals surface area contributed by atoms with Gasteiger partial charge in [0.25, 0.3) is 0 Å². The zero-order valence-corrected chi connectivity index (χ0v) is 12.5. The van der Waals surface area contributed by atoms with E-state index in [1.807, 2.05) is 43.3 Å². The largest absolute Gasteiger partial charge is 0.296 e. The molecule has 21 heavy (non-hydrogen) atoms. The molecule has 2 nitrogen and oxygen atoms in total. The molecule has 0 saturated carbocycles. The summed E-state index contributed by atoms with van der Waals surface area (Å²) < 4.78 is 0. The smallest absolute Gasteiger partial charge is 0.169 e. The lowest BCUT2D eigenvalue weighted by atomic mass is 9.92. The second kappa shape index (κ2) is 6.02. The molecule has 0 aliphatic rings. The molecular formula is C18H15NOS. The second-order valence-corrected chi connectivity index (χ2v) is 6.10. The maximum absolute atomic E-state index is 11.1. The van der Waals surface area contributed by atoms with E-state index in [2.05, 4.69) is 29.2 Å². The molecule has 0 N–H and O–H groups in total. The molecule has 0 saturated heterocycles. The van der Waals surface area contributed by atoms with Crippen molar-refractivity contribution in [3.63, 3.8) is 0 Å². The van der Waals surface area contributed by atoms with Crippen LogP contribution in [0, 0.1) is 6.92 Å². The summed E-state index contributed by atoms with van der Waals surface area (Å²) in [5, 5.41) is 0.965. The predicted octanol–water partition coefficient (Wildman–Crippen LogP) is 4.44. The first-order valence-electron chi connectivity index (χ1n) is 6.82. The number of rotatable bonds is 4. The molecule has 3 heteroatoms. The average Bonchev–Trinajstić information content (AvgIpc) is 2.90. The SMILES string of the molecule is Cc1sc(C(c2ccccc2)c2ccccc2)nc1C=O. The Labute approximate surface area is 128 Å². The summed E-state index contributed by atoms with van der Waals surface area (Å²) in [6, 6.07) is 20.6. The van der Waals surface area contributed by atoms with Crippen LogP contribution in [-0.4, -0.2) is 11.3 Å². The lowest BCUT2D eigenvalue weighted by Gasteiger charge is -2.15. The minimum absolute atomic E-state index is 0.0739. The Morgan fingerprint density at radius 3 is 1.90 bits per heavy atom. The molecular weight excluding hydrogens is 278 g/mol. The van der Waals surface area contributed by atoms with Crippen LogP contribution in [0.5, 0.6) is 0 Å². The summed E-state index contributed by atoms with van der Waals surface area (Å²) in [5.74, 6) is 0.0739. The lowest BCUT2D eigenvalue weighted by Crippen LogP contribution is -2.03. The molecule has 0 aliphatic heterocycles. The number of carbonyl (C=O) groups excluding carboxylic acids is 1.